The summed E-state index contributed by atoms with van der Waals surface area (Å²) in [5.74, 6) is 2.38. The molecule has 3 aliphatic rings. The van der Waals surface area contributed by atoms with Crippen LogP contribution in [0.2, 0.25) is 0 Å². The number of nitrogens with zero attached hydrogens (tertiary/aromatic N) is 6. The molecule has 0 aromatic rings. The summed E-state index contributed by atoms with van der Waals surface area (Å²) >= 11 is 1.67. The molecule has 0 aromatic carbocycles. The number of nitrogens with one attached hydrogen (secondary N) is 2. The summed E-state index contributed by atoms with van der Waals surface area (Å²) in [6.45, 7) is 12.7. The Balaban J connectivity index is 1.57. The Kier molecular flexibility index (Phi) is 11.5. The van der Waals surface area contributed by atoms with Crippen LogP contribution in [-0.4, -0.2) is 97.7 Å². The van der Waals surface area contributed by atoms with Crippen molar-refractivity contribution < 1.29 is 9.18 Å². The van der Waals surface area contributed by atoms with Crippen molar-refractivity contribution in [3.05, 3.63) is 58.2 Å². The van der Waals surface area contributed by atoms with Crippen molar-refractivity contribution in [1.82, 2.24) is 25.4 Å². The molecule has 0 unspecified atom stereocenters. The summed E-state index contributed by atoms with van der Waals surface area (Å²) < 4.78 is 13.2. The van der Waals surface area contributed by atoms with Crippen LogP contribution in [0.5, 0.6) is 0 Å². The number of hydrogen-bond acceptors (Lipinski definition) is 9. The van der Waals surface area contributed by atoms with Crippen molar-refractivity contribution >= 4 is 36.1 Å². The van der Waals surface area contributed by atoms with Gasteiger partial charge in [0.25, 0.3) is 0 Å². The largest absolute Gasteiger partial charge is 0.374 e. The lowest BCUT2D eigenvalue weighted by Gasteiger charge is -2.42. The molecule has 0 saturated carbocycles. The molecule has 0 aromatic heterocycles. The Hall–Kier alpha value is -3.18. The third-order valence-electron chi connectivity index (χ3n) is 6.72. The van der Waals surface area contributed by atoms with Crippen molar-refractivity contribution in [2.45, 2.75) is 39.7 Å². The lowest BCUT2D eigenvalue weighted by Crippen LogP contribution is -2.61. The molecule has 0 radical (unpaired) electrons. The molecule has 0 aliphatic carbocycles. The summed E-state index contributed by atoms with van der Waals surface area (Å²) in [5.41, 5.74) is 3.98. The van der Waals surface area contributed by atoms with E-state index in [9.17, 15) is 9.18 Å². The molecule has 2 N–H and O–H groups in total. The van der Waals surface area contributed by atoms with Crippen LogP contribution in [0.3, 0.4) is 0 Å². The predicted octanol–water partition coefficient (Wildman–Crippen LogP) is 3.64. The van der Waals surface area contributed by atoms with Gasteiger partial charge in [0, 0.05) is 45.5 Å². The van der Waals surface area contributed by atoms with Crippen LogP contribution in [0.25, 0.3) is 0 Å². The summed E-state index contributed by atoms with van der Waals surface area (Å²) in [7, 11) is 3.74. The van der Waals surface area contributed by atoms with Gasteiger partial charge in [0.15, 0.2) is 0 Å². The molecule has 11 heteroatoms. The number of rotatable bonds is 13. The van der Waals surface area contributed by atoms with E-state index in [1.807, 2.05) is 29.5 Å². The van der Waals surface area contributed by atoms with Crippen molar-refractivity contribution in [2.24, 2.45) is 15.1 Å². The number of hydrogen-bond donors (Lipinski definition) is 2. The van der Waals surface area contributed by atoms with Gasteiger partial charge in [0.05, 0.1) is 36.0 Å². The topological polar surface area (TPSA) is 87.9 Å². The highest BCUT2D eigenvalue weighted by Crippen LogP contribution is 2.25. The molecule has 3 aliphatic heterocycles. The number of aliphatic imine (C=N–C) groups is 2. The number of thioether (sulfide) groups is 1. The Morgan fingerprint density at radius 3 is 2.69 bits per heavy atom. The number of allylic oxidation sites excluding steroid dienone is 5. The standard InChI is InChI=1S/C28H41FN8OS/c1-7-21(10-9-20(3)29)24(30-4)19-39-14-13-35(6)25-18-37-26(33-23(25)8-2)11-12-27(34-37)36-16-22(17-36)32-15-28(38)31-5/h9-12,19,22,32H,4,7-8,13-18H2,1-3,5-6H3,(H,31,38)/b20-9+,21-10+,24-19-. The van der Waals surface area contributed by atoms with Gasteiger partial charge in [-0.2, -0.15) is 5.10 Å². The maximum absolute atomic E-state index is 13.2. The van der Waals surface area contributed by atoms with E-state index in [2.05, 4.69) is 46.1 Å². The number of hydrazone groups is 1. The molecule has 0 atom stereocenters. The highest BCUT2D eigenvalue weighted by molar-refractivity contribution is 8.02. The molecule has 1 fully saturated rings. The smallest absolute Gasteiger partial charge is 0.233 e. The average molecular weight is 557 g/mol. The summed E-state index contributed by atoms with van der Waals surface area (Å²) in [6, 6.07) is 0.277. The quantitative estimate of drug-likeness (QED) is 0.205. The number of amidine groups is 2. The number of likely N-dealkylation sites (tertiary alicyclic amines) is 1. The molecule has 9 nitrogen and oxygen atoms in total. The first-order chi connectivity index (χ1) is 18.8. The van der Waals surface area contributed by atoms with E-state index in [4.69, 9.17) is 10.1 Å². The van der Waals surface area contributed by atoms with Crippen LogP contribution in [0.15, 0.2) is 73.3 Å². The third-order valence-corrected chi connectivity index (χ3v) is 7.52. The van der Waals surface area contributed by atoms with E-state index in [-0.39, 0.29) is 17.8 Å². The van der Waals surface area contributed by atoms with Gasteiger partial charge < -0.3 is 20.4 Å². The fourth-order valence-electron chi connectivity index (χ4n) is 4.28. The van der Waals surface area contributed by atoms with Crippen molar-refractivity contribution in [1.29, 1.82) is 0 Å². The SMILES string of the molecule is C=NC(=C\SCCN(C)C1=C(CC)N=C2C=CC(N3CC(NCC(=O)NC)C3)=NN2C1)/C(=C/C=C(\C)F)CC. The summed E-state index contributed by atoms with van der Waals surface area (Å²) in [4.78, 5) is 25.0. The van der Waals surface area contributed by atoms with E-state index in [0.717, 1.165) is 72.6 Å². The van der Waals surface area contributed by atoms with Crippen molar-refractivity contribution in [3.8, 4) is 0 Å². The minimum absolute atomic E-state index is 0.0106. The monoisotopic (exact) mass is 556 g/mol. The minimum Gasteiger partial charge on any atom is -0.374 e. The second-order valence-electron chi connectivity index (χ2n) is 9.47. The minimum atomic E-state index is -0.235. The van der Waals surface area contributed by atoms with E-state index in [1.165, 1.54) is 13.0 Å². The second kappa shape index (κ2) is 14.8. The zero-order valence-electron chi connectivity index (χ0n) is 23.7. The van der Waals surface area contributed by atoms with Gasteiger partial charge in [0.2, 0.25) is 5.91 Å². The Morgan fingerprint density at radius 2 is 2.05 bits per heavy atom. The average Bonchev–Trinajstić information content (AvgIpc) is 2.91. The van der Waals surface area contributed by atoms with Crippen LogP contribution in [0.1, 0.15) is 33.6 Å². The second-order valence-corrected chi connectivity index (χ2v) is 10.5. The first-order valence-electron chi connectivity index (χ1n) is 13.4. The summed E-state index contributed by atoms with van der Waals surface area (Å²) in [5, 5.41) is 14.7. The van der Waals surface area contributed by atoms with Gasteiger partial charge in [-0.05, 0) is 55.7 Å². The van der Waals surface area contributed by atoms with E-state index in [1.54, 1.807) is 24.9 Å². The zero-order valence-corrected chi connectivity index (χ0v) is 24.5. The fraction of sp³-hybridized carbons (Fsp3) is 0.500. The predicted molar refractivity (Wildman–Crippen MR) is 161 cm³/mol. The van der Waals surface area contributed by atoms with Gasteiger partial charge in [-0.15, -0.1) is 11.8 Å². The van der Waals surface area contributed by atoms with E-state index in [0.29, 0.717) is 13.1 Å². The number of likely N-dealkylation sites (N-methyl/N-ethyl adjacent to an activating group) is 2. The Bertz CT molecular complexity index is 1130. The van der Waals surface area contributed by atoms with Gasteiger partial charge in [-0.3, -0.25) is 9.79 Å². The van der Waals surface area contributed by atoms with Gasteiger partial charge in [-0.25, -0.2) is 14.4 Å². The maximum atomic E-state index is 13.2. The highest BCUT2D eigenvalue weighted by Gasteiger charge is 2.31. The lowest BCUT2D eigenvalue weighted by molar-refractivity contribution is -0.120. The molecular weight excluding hydrogens is 515 g/mol. The molecule has 3 heterocycles. The molecule has 1 saturated heterocycles. The molecule has 39 heavy (non-hydrogen) atoms. The van der Waals surface area contributed by atoms with Crippen LogP contribution >= 0.6 is 11.8 Å². The van der Waals surface area contributed by atoms with Gasteiger partial charge in [-0.1, -0.05) is 19.9 Å². The number of amides is 1. The molecule has 0 bridgehead atoms. The number of fused-ring (bicyclic) bond motifs is 1. The number of carbonyl (C=O) groups is 1. The van der Waals surface area contributed by atoms with Crippen molar-refractivity contribution in [2.75, 3.05) is 52.6 Å². The van der Waals surface area contributed by atoms with Crippen LogP contribution in [0, 0.1) is 0 Å². The molecule has 0 spiro atoms. The Labute approximate surface area is 236 Å². The zero-order chi connectivity index (χ0) is 28.4. The summed E-state index contributed by atoms with van der Waals surface area (Å²) in [6.07, 6.45) is 8.87. The first kappa shape index (κ1) is 30.4. The lowest BCUT2D eigenvalue weighted by atomic mass is 10.1. The fourth-order valence-corrected chi connectivity index (χ4v) is 5.16. The number of halogens is 1. The van der Waals surface area contributed by atoms with Crippen LogP contribution in [0.4, 0.5) is 4.39 Å². The van der Waals surface area contributed by atoms with E-state index < -0.39 is 0 Å². The normalized spacial score (nSPS) is 18.5. The third kappa shape index (κ3) is 8.40. The van der Waals surface area contributed by atoms with Crippen molar-refractivity contribution in [3.63, 3.8) is 0 Å². The highest BCUT2D eigenvalue weighted by atomic mass is 32.2. The Morgan fingerprint density at radius 1 is 1.31 bits per heavy atom. The molecule has 212 valence electrons. The van der Waals surface area contributed by atoms with Gasteiger partial charge in [0.1, 0.15) is 11.7 Å². The van der Waals surface area contributed by atoms with Crippen LogP contribution in [-0.2, 0) is 4.79 Å². The molecule has 3 rings (SSSR count). The maximum Gasteiger partial charge on any atom is 0.233 e. The van der Waals surface area contributed by atoms with Crippen LogP contribution < -0.4 is 10.6 Å². The van der Waals surface area contributed by atoms with E-state index >= 15 is 0 Å². The van der Waals surface area contributed by atoms with Gasteiger partial charge >= 0.3 is 0 Å². The molecular formula is C28H41FN8OS. The molecule has 1 amide bonds. The number of carbonyl (C=O) groups excluding carboxylic acids is 1. The first-order valence-corrected chi connectivity index (χ1v) is 14.4.